The Morgan fingerprint density at radius 2 is 2.35 bits per heavy atom. The molecule has 0 unspecified atom stereocenters. The molecule has 2 aliphatic rings. The van der Waals surface area contributed by atoms with Crippen LogP contribution in [0.4, 0.5) is 5.13 Å². The number of rotatable bonds is 4. The van der Waals surface area contributed by atoms with Gasteiger partial charge in [0.1, 0.15) is 17.9 Å². The van der Waals surface area contributed by atoms with Crippen LogP contribution in [0.3, 0.4) is 0 Å². The fourth-order valence-electron chi connectivity index (χ4n) is 3.33. The zero-order valence-electron chi connectivity index (χ0n) is 12.8. The second kappa shape index (κ2) is 6.20. The minimum atomic E-state index is -0.107. The summed E-state index contributed by atoms with van der Waals surface area (Å²) in [7, 11) is 0. The van der Waals surface area contributed by atoms with E-state index in [0.29, 0.717) is 6.54 Å². The smallest absolute Gasteiger partial charge is 0.242 e. The van der Waals surface area contributed by atoms with Crippen molar-refractivity contribution in [2.45, 2.75) is 31.4 Å². The number of fused-ring (bicyclic) bond motifs is 1. The van der Waals surface area contributed by atoms with Crippen molar-refractivity contribution >= 4 is 22.4 Å². The molecule has 0 radical (unpaired) electrons. The second-order valence-electron chi connectivity index (χ2n) is 5.96. The fraction of sp³-hybridized carbons (Fsp3) is 0.412. The Morgan fingerprint density at radius 3 is 3.17 bits per heavy atom. The molecule has 2 aromatic rings. The molecular weight excluding hydrogens is 310 g/mol. The van der Waals surface area contributed by atoms with E-state index in [1.165, 1.54) is 5.56 Å². The molecule has 0 aliphatic carbocycles. The van der Waals surface area contributed by atoms with Gasteiger partial charge in [0.25, 0.3) is 0 Å². The first-order valence-corrected chi connectivity index (χ1v) is 8.87. The van der Waals surface area contributed by atoms with Gasteiger partial charge in [-0.2, -0.15) is 0 Å². The fourth-order valence-corrected chi connectivity index (χ4v) is 4.05. The lowest BCUT2D eigenvalue weighted by Crippen LogP contribution is -2.46. The zero-order chi connectivity index (χ0) is 15.6. The minimum absolute atomic E-state index is 0.0334. The van der Waals surface area contributed by atoms with Crippen molar-refractivity contribution in [2.24, 2.45) is 0 Å². The Balaban J connectivity index is 1.34. The standard InChI is InChI=1S/C17H19N3O2S/c21-16(14-5-3-8-20(14)17-18-7-9-23-17)19-11-13-10-12-4-1-2-6-15(12)22-13/h1-2,4,6-7,9,13-14H,3,5,8,10-11H2,(H,19,21)/t13-,14+/m1/s1. The van der Waals surface area contributed by atoms with E-state index in [0.717, 1.165) is 36.7 Å². The average molecular weight is 329 g/mol. The Hall–Kier alpha value is -2.08. The number of para-hydroxylation sites is 1. The zero-order valence-corrected chi connectivity index (χ0v) is 13.6. The van der Waals surface area contributed by atoms with Gasteiger partial charge in [0.05, 0.1) is 6.54 Å². The van der Waals surface area contributed by atoms with Crippen molar-refractivity contribution in [1.29, 1.82) is 0 Å². The number of aromatic nitrogens is 1. The third kappa shape index (κ3) is 2.91. The van der Waals surface area contributed by atoms with Gasteiger partial charge in [0.15, 0.2) is 5.13 Å². The largest absolute Gasteiger partial charge is 0.488 e. The number of nitrogens with zero attached hydrogens (tertiary/aromatic N) is 2. The first-order chi connectivity index (χ1) is 11.3. The summed E-state index contributed by atoms with van der Waals surface area (Å²) in [4.78, 5) is 19.0. The Labute approximate surface area is 139 Å². The summed E-state index contributed by atoms with van der Waals surface area (Å²) in [5.41, 5.74) is 1.22. The molecule has 6 heteroatoms. The number of benzene rings is 1. The van der Waals surface area contributed by atoms with Crippen LogP contribution in [0.25, 0.3) is 0 Å². The molecule has 0 bridgehead atoms. The summed E-state index contributed by atoms with van der Waals surface area (Å²) in [6, 6.07) is 7.96. The SMILES string of the molecule is O=C(NC[C@H]1Cc2ccccc2O1)[C@@H]1CCCN1c1nccs1. The first kappa shape index (κ1) is 14.5. The van der Waals surface area contributed by atoms with Crippen molar-refractivity contribution in [1.82, 2.24) is 10.3 Å². The molecule has 1 saturated heterocycles. The molecule has 1 aromatic carbocycles. The van der Waals surface area contributed by atoms with E-state index >= 15 is 0 Å². The number of nitrogens with one attached hydrogen (secondary N) is 1. The Kier molecular flexibility index (Phi) is 3.91. The lowest BCUT2D eigenvalue weighted by atomic mass is 10.1. The van der Waals surface area contributed by atoms with Gasteiger partial charge >= 0.3 is 0 Å². The van der Waals surface area contributed by atoms with Gasteiger partial charge < -0.3 is 15.0 Å². The van der Waals surface area contributed by atoms with Crippen molar-refractivity contribution < 1.29 is 9.53 Å². The lowest BCUT2D eigenvalue weighted by molar-refractivity contribution is -0.122. The maximum absolute atomic E-state index is 12.5. The van der Waals surface area contributed by atoms with E-state index in [1.54, 1.807) is 17.5 Å². The molecule has 2 atom stereocenters. The number of thiazole rings is 1. The molecule has 1 amide bonds. The third-order valence-corrected chi connectivity index (χ3v) is 5.25. The van der Waals surface area contributed by atoms with Crippen molar-refractivity contribution in [3.63, 3.8) is 0 Å². The molecule has 4 rings (SSSR count). The van der Waals surface area contributed by atoms with Gasteiger partial charge in [0, 0.05) is 24.5 Å². The van der Waals surface area contributed by atoms with Crippen LogP contribution in [0.2, 0.25) is 0 Å². The highest BCUT2D eigenvalue weighted by molar-refractivity contribution is 7.13. The summed E-state index contributed by atoms with van der Waals surface area (Å²) in [6.07, 6.45) is 4.60. The Bertz CT molecular complexity index is 664. The maximum atomic E-state index is 12.5. The average Bonchev–Trinajstić information content (AvgIpc) is 3.31. The molecule has 1 aromatic heterocycles. The number of hydrogen-bond donors (Lipinski definition) is 1. The monoisotopic (exact) mass is 329 g/mol. The number of hydrogen-bond acceptors (Lipinski definition) is 5. The van der Waals surface area contributed by atoms with Gasteiger partial charge in [-0.1, -0.05) is 18.2 Å². The van der Waals surface area contributed by atoms with Crippen molar-refractivity contribution in [2.75, 3.05) is 18.0 Å². The van der Waals surface area contributed by atoms with Crippen molar-refractivity contribution in [3.05, 3.63) is 41.4 Å². The van der Waals surface area contributed by atoms with Gasteiger partial charge in [0.2, 0.25) is 5.91 Å². The van der Waals surface area contributed by atoms with E-state index in [-0.39, 0.29) is 18.1 Å². The molecule has 1 N–H and O–H groups in total. The number of amides is 1. The minimum Gasteiger partial charge on any atom is -0.488 e. The van der Waals surface area contributed by atoms with Gasteiger partial charge in [-0.25, -0.2) is 4.98 Å². The highest BCUT2D eigenvalue weighted by Crippen LogP contribution is 2.29. The summed E-state index contributed by atoms with van der Waals surface area (Å²) in [6.45, 7) is 1.45. The van der Waals surface area contributed by atoms with Crippen LogP contribution < -0.4 is 15.0 Å². The molecule has 1 fully saturated rings. The normalized spacial score (nSPS) is 22.7. The quantitative estimate of drug-likeness (QED) is 0.935. The topological polar surface area (TPSA) is 54.5 Å². The van der Waals surface area contributed by atoms with Crippen LogP contribution in [-0.4, -0.2) is 36.1 Å². The first-order valence-electron chi connectivity index (χ1n) is 7.99. The van der Waals surface area contributed by atoms with E-state index in [4.69, 9.17) is 4.74 Å². The predicted molar refractivity (Wildman–Crippen MR) is 90.1 cm³/mol. The van der Waals surface area contributed by atoms with Crippen molar-refractivity contribution in [3.8, 4) is 5.75 Å². The number of carbonyl (C=O) groups is 1. The summed E-state index contributed by atoms with van der Waals surface area (Å²) in [5.74, 6) is 1.02. The van der Waals surface area contributed by atoms with E-state index in [1.807, 2.05) is 23.6 Å². The predicted octanol–water partition coefficient (Wildman–Crippen LogP) is 2.23. The van der Waals surface area contributed by atoms with Crippen LogP contribution in [0.15, 0.2) is 35.8 Å². The van der Waals surface area contributed by atoms with Crippen LogP contribution in [0, 0.1) is 0 Å². The van der Waals surface area contributed by atoms with E-state index < -0.39 is 0 Å². The van der Waals surface area contributed by atoms with E-state index in [9.17, 15) is 4.79 Å². The van der Waals surface area contributed by atoms with Gasteiger partial charge in [-0.15, -0.1) is 11.3 Å². The molecule has 5 nitrogen and oxygen atoms in total. The third-order valence-electron chi connectivity index (χ3n) is 4.44. The Morgan fingerprint density at radius 1 is 1.43 bits per heavy atom. The number of ether oxygens (including phenoxy) is 1. The highest BCUT2D eigenvalue weighted by atomic mass is 32.1. The lowest BCUT2D eigenvalue weighted by Gasteiger charge is -2.23. The summed E-state index contributed by atoms with van der Waals surface area (Å²) in [5, 5.41) is 5.95. The maximum Gasteiger partial charge on any atom is 0.242 e. The van der Waals surface area contributed by atoms with E-state index in [2.05, 4.69) is 21.3 Å². The molecular formula is C17H19N3O2S. The molecule has 23 heavy (non-hydrogen) atoms. The molecule has 120 valence electrons. The highest BCUT2D eigenvalue weighted by Gasteiger charge is 2.33. The molecule has 0 saturated carbocycles. The molecule has 0 spiro atoms. The summed E-state index contributed by atoms with van der Waals surface area (Å²) < 4.78 is 5.88. The van der Waals surface area contributed by atoms with Crippen LogP contribution in [0.5, 0.6) is 5.75 Å². The second-order valence-corrected chi connectivity index (χ2v) is 6.84. The summed E-state index contributed by atoms with van der Waals surface area (Å²) >= 11 is 1.59. The van der Waals surface area contributed by atoms with Gasteiger partial charge in [-0.3, -0.25) is 4.79 Å². The van der Waals surface area contributed by atoms with Gasteiger partial charge in [-0.05, 0) is 24.5 Å². The molecule has 2 aliphatic heterocycles. The number of anilines is 1. The molecule has 3 heterocycles. The number of carbonyl (C=O) groups excluding carboxylic acids is 1. The van der Waals surface area contributed by atoms with Crippen LogP contribution >= 0.6 is 11.3 Å². The van der Waals surface area contributed by atoms with Crippen LogP contribution in [0.1, 0.15) is 18.4 Å². The van der Waals surface area contributed by atoms with Crippen LogP contribution in [-0.2, 0) is 11.2 Å².